The van der Waals surface area contributed by atoms with Gasteiger partial charge in [-0.25, -0.2) is 9.97 Å². The van der Waals surface area contributed by atoms with Crippen LogP contribution in [0.3, 0.4) is 0 Å². The second kappa shape index (κ2) is 6.62. The number of benzene rings is 1. The Labute approximate surface area is 140 Å². The van der Waals surface area contributed by atoms with Gasteiger partial charge in [0.05, 0.1) is 17.3 Å². The largest absolute Gasteiger partial charge is 0.495 e. The van der Waals surface area contributed by atoms with E-state index in [-0.39, 0.29) is 0 Å². The molecule has 2 aromatic rings. The van der Waals surface area contributed by atoms with Crippen LogP contribution < -0.4 is 15.4 Å². The van der Waals surface area contributed by atoms with Crippen molar-refractivity contribution in [1.82, 2.24) is 9.97 Å². The molecule has 0 aliphatic rings. The fraction of sp³-hybridized carbons (Fsp3) is 0.286. The van der Waals surface area contributed by atoms with Crippen molar-refractivity contribution in [3.8, 4) is 5.75 Å². The van der Waals surface area contributed by atoms with Crippen molar-refractivity contribution in [2.45, 2.75) is 13.8 Å². The maximum atomic E-state index is 5.32. The second-order valence-corrected chi connectivity index (χ2v) is 6.14. The molecule has 21 heavy (non-hydrogen) atoms. The van der Waals surface area contributed by atoms with Gasteiger partial charge in [0.15, 0.2) is 0 Å². The van der Waals surface area contributed by atoms with Gasteiger partial charge in [-0.3, -0.25) is 0 Å². The van der Waals surface area contributed by atoms with Gasteiger partial charge >= 0.3 is 0 Å². The Balaban J connectivity index is 2.45. The molecule has 0 radical (unpaired) electrons. The number of aryl methyl sites for hydroxylation is 1. The summed E-state index contributed by atoms with van der Waals surface area (Å²) in [6.07, 6.45) is 0. The number of hydrogen-bond acceptors (Lipinski definition) is 5. The highest BCUT2D eigenvalue weighted by Crippen LogP contribution is 2.36. The molecular weight excluding hydrogens is 400 g/mol. The quantitative estimate of drug-likeness (QED) is 0.774. The summed E-state index contributed by atoms with van der Waals surface area (Å²) in [6.45, 7) is 3.83. The molecule has 112 valence electrons. The Hall–Kier alpha value is -1.34. The summed E-state index contributed by atoms with van der Waals surface area (Å²) >= 11 is 7.00. The summed E-state index contributed by atoms with van der Waals surface area (Å²) < 4.78 is 7.12. The molecule has 0 spiro atoms. The zero-order chi connectivity index (χ0) is 15.6. The highest BCUT2D eigenvalue weighted by molar-refractivity contribution is 9.11. The number of aromatic nitrogens is 2. The number of rotatable bonds is 4. The third-order valence-electron chi connectivity index (χ3n) is 2.99. The molecule has 7 heteroatoms. The Morgan fingerprint density at radius 2 is 1.71 bits per heavy atom. The van der Waals surface area contributed by atoms with Crippen molar-refractivity contribution < 1.29 is 4.74 Å². The number of methoxy groups -OCH3 is 1. The first-order valence-corrected chi connectivity index (χ1v) is 7.88. The lowest BCUT2D eigenvalue weighted by molar-refractivity contribution is 0.412. The van der Waals surface area contributed by atoms with Gasteiger partial charge in [0.1, 0.15) is 23.2 Å². The summed E-state index contributed by atoms with van der Waals surface area (Å²) in [6, 6.07) is 3.84. The number of halogens is 2. The van der Waals surface area contributed by atoms with E-state index in [0.29, 0.717) is 5.82 Å². The first-order valence-electron chi connectivity index (χ1n) is 6.29. The predicted octanol–water partition coefficient (Wildman–Crippen LogP) is 4.41. The fourth-order valence-corrected chi connectivity index (χ4v) is 3.16. The monoisotopic (exact) mass is 414 g/mol. The van der Waals surface area contributed by atoms with E-state index in [1.165, 1.54) is 0 Å². The molecule has 0 saturated carbocycles. The van der Waals surface area contributed by atoms with Crippen LogP contribution in [0.5, 0.6) is 5.75 Å². The number of hydrogen-bond donors (Lipinski definition) is 2. The fourth-order valence-electron chi connectivity index (χ4n) is 1.90. The van der Waals surface area contributed by atoms with Crippen LogP contribution >= 0.6 is 31.9 Å². The smallest absolute Gasteiger partial charge is 0.139 e. The van der Waals surface area contributed by atoms with Crippen molar-refractivity contribution in [2.75, 3.05) is 24.8 Å². The molecule has 1 aromatic heterocycles. The molecule has 0 saturated heterocycles. The number of nitrogens with zero attached hydrogens (tertiary/aromatic N) is 2. The average molecular weight is 416 g/mol. The summed E-state index contributed by atoms with van der Waals surface area (Å²) in [4.78, 5) is 8.82. The van der Waals surface area contributed by atoms with Gasteiger partial charge in [0.25, 0.3) is 0 Å². The molecule has 0 bridgehead atoms. The van der Waals surface area contributed by atoms with E-state index in [1.807, 2.05) is 33.0 Å². The van der Waals surface area contributed by atoms with Gasteiger partial charge in [-0.2, -0.15) is 0 Å². The van der Waals surface area contributed by atoms with Crippen LogP contribution in [0.15, 0.2) is 21.1 Å². The zero-order valence-electron chi connectivity index (χ0n) is 12.2. The van der Waals surface area contributed by atoms with Crippen molar-refractivity contribution >= 4 is 49.2 Å². The molecule has 0 amide bonds. The summed E-state index contributed by atoms with van der Waals surface area (Å²) in [5.74, 6) is 3.02. The van der Waals surface area contributed by atoms with Crippen LogP contribution in [0.2, 0.25) is 0 Å². The predicted molar refractivity (Wildman–Crippen MR) is 92.7 cm³/mol. The van der Waals surface area contributed by atoms with Crippen LogP contribution in [0.4, 0.5) is 17.3 Å². The van der Waals surface area contributed by atoms with E-state index in [2.05, 4.69) is 52.5 Å². The first kappa shape index (κ1) is 16.0. The Morgan fingerprint density at radius 1 is 1.05 bits per heavy atom. The minimum Gasteiger partial charge on any atom is -0.495 e. The Kier molecular flexibility index (Phi) is 5.05. The van der Waals surface area contributed by atoms with E-state index in [0.717, 1.165) is 37.6 Å². The minimum atomic E-state index is 0.702. The maximum Gasteiger partial charge on any atom is 0.139 e. The molecule has 2 rings (SSSR count). The molecular formula is C14H16Br2N4O. The minimum absolute atomic E-state index is 0.702. The first-order chi connectivity index (χ1) is 9.96. The van der Waals surface area contributed by atoms with E-state index >= 15 is 0 Å². The highest BCUT2D eigenvalue weighted by Gasteiger charge is 2.12. The third kappa shape index (κ3) is 3.47. The molecule has 0 aliphatic carbocycles. The summed E-state index contributed by atoms with van der Waals surface area (Å²) in [7, 11) is 3.48. The topological polar surface area (TPSA) is 59.1 Å². The van der Waals surface area contributed by atoms with Crippen LogP contribution in [0.1, 0.15) is 11.4 Å². The van der Waals surface area contributed by atoms with Crippen LogP contribution in [0.25, 0.3) is 0 Å². The van der Waals surface area contributed by atoms with Crippen LogP contribution in [0, 0.1) is 13.8 Å². The molecule has 0 atom stereocenters. The lowest BCUT2D eigenvalue weighted by Crippen LogP contribution is -2.05. The third-order valence-corrected chi connectivity index (χ3v) is 4.26. The molecule has 2 N–H and O–H groups in total. The number of anilines is 3. The van der Waals surface area contributed by atoms with Gasteiger partial charge in [-0.15, -0.1) is 0 Å². The standard InChI is InChI=1S/C14H16Br2N4O/c1-7-13(17-3)18-8(2)19-14(7)20-11-6-12(21-4)10(16)5-9(11)15/h5-6H,1-4H3,(H2,17,18,19,20). The molecule has 5 nitrogen and oxygen atoms in total. The van der Waals surface area contributed by atoms with Crippen LogP contribution in [-0.2, 0) is 0 Å². The van der Waals surface area contributed by atoms with E-state index < -0.39 is 0 Å². The number of nitrogens with one attached hydrogen (secondary N) is 2. The van der Waals surface area contributed by atoms with Gasteiger partial charge in [0, 0.05) is 23.2 Å². The van der Waals surface area contributed by atoms with Crippen LogP contribution in [-0.4, -0.2) is 24.1 Å². The second-order valence-electron chi connectivity index (χ2n) is 4.43. The van der Waals surface area contributed by atoms with E-state index in [1.54, 1.807) is 7.11 Å². The lowest BCUT2D eigenvalue weighted by Gasteiger charge is -2.15. The Bertz CT molecular complexity index is 677. The molecule has 0 aliphatic heterocycles. The molecule has 1 aromatic carbocycles. The normalized spacial score (nSPS) is 10.4. The lowest BCUT2D eigenvalue weighted by atomic mass is 10.2. The summed E-state index contributed by atoms with van der Waals surface area (Å²) in [5.41, 5.74) is 1.83. The SMILES string of the molecule is CNc1nc(C)nc(Nc2cc(OC)c(Br)cc2Br)c1C. The molecule has 1 heterocycles. The zero-order valence-corrected chi connectivity index (χ0v) is 15.4. The van der Waals surface area contributed by atoms with Gasteiger partial charge in [-0.05, 0) is 51.8 Å². The van der Waals surface area contributed by atoms with Gasteiger partial charge in [0.2, 0.25) is 0 Å². The number of ether oxygens (including phenoxy) is 1. The van der Waals surface area contributed by atoms with Gasteiger partial charge in [-0.1, -0.05) is 0 Å². The van der Waals surface area contributed by atoms with Gasteiger partial charge < -0.3 is 15.4 Å². The van der Waals surface area contributed by atoms with Crippen molar-refractivity contribution in [3.05, 3.63) is 32.5 Å². The Morgan fingerprint density at radius 3 is 2.33 bits per heavy atom. The molecule has 0 unspecified atom stereocenters. The van der Waals surface area contributed by atoms with E-state index in [4.69, 9.17) is 4.74 Å². The summed E-state index contributed by atoms with van der Waals surface area (Å²) in [5, 5.41) is 6.39. The van der Waals surface area contributed by atoms with Crippen molar-refractivity contribution in [3.63, 3.8) is 0 Å². The molecule has 0 fully saturated rings. The maximum absolute atomic E-state index is 5.32. The van der Waals surface area contributed by atoms with Crippen molar-refractivity contribution in [2.24, 2.45) is 0 Å². The van der Waals surface area contributed by atoms with Crippen molar-refractivity contribution in [1.29, 1.82) is 0 Å². The van der Waals surface area contributed by atoms with E-state index in [9.17, 15) is 0 Å². The average Bonchev–Trinajstić information content (AvgIpc) is 2.45. The highest BCUT2D eigenvalue weighted by atomic mass is 79.9.